The molecule has 0 atom stereocenters. The number of sulfonamides is 1. The average molecular weight is 350 g/mol. The van der Waals surface area contributed by atoms with Gasteiger partial charge in [-0.2, -0.15) is 4.31 Å². The van der Waals surface area contributed by atoms with Gasteiger partial charge in [-0.05, 0) is 56.1 Å². The van der Waals surface area contributed by atoms with Crippen molar-refractivity contribution in [2.45, 2.75) is 43.4 Å². The molecule has 3 rings (SSSR count). The lowest BCUT2D eigenvalue weighted by atomic mass is 9.93. The van der Waals surface area contributed by atoms with Crippen molar-refractivity contribution >= 4 is 15.9 Å². The molecule has 5 nitrogen and oxygen atoms in total. The van der Waals surface area contributed by atoms with Gasteiger partial charge in [-0.25, -0.2) is 8.42 Å². The van der Waals surface area contributed by atoms with Gasteiger partial charge < -0.3 is 5.32 Å². The first-order chi connectivity index (χ1) is 11.6. The van der Waals surface area contributed by atoms with Crippen LogP contribution in [-0.2, 0) is 14.8 Å². The molecule has 0 radical (unpaired) electrons. The number of amides is 1. The van der Waals surface area contributed by atoms with Gasteiger partial charge in [-0.1, -0.05) is 18.2 Å². The highest BCUT2D eigenvalue weighted by atomic mass is 32.2. The summed E-state index contributed by atoms with van der Waals surface area (Å²) in [6.45, 7) is 1.92. The van der Waals surface area contributed by atoms with Crippen LogP contribution in [0.15, 0.2) is 35.2 Å². The maximum absolute atomic E-state index is 12.6. The van der Waals surface area contributed by atoms with Crippen LogP contribution in [0.1, 0.15) is 38.5 Å². The highest BCUT2D eigenvalue weighted by Gasteiger charge is 2.29. The summed E-state index contributed by atoms with van der Waals surface area (Å²) in [5.41, 5.74) is 0. The number of rotatable bonds is 7. The van der Waals surface area contributed by atoms with Crippen LogP contribution in [-0.4, -0.2) is 38.3 Å². The van der Waals surface area contributed by atoms with E-state index in [0.717, 1.165) is 25.8 Å². The molecule has 24 heavy (non-hydrogen) atoms. The molecule has 1 aromatic carbocycles. The number of piperidine rings is 1. The lowest BCUT2D eigenvalue weighted by Crippen LogP contribution is -2.38. The zero-order valence-corrected chi connectivity index (χ0v) is 14.8. The molecule has 0 aromatic heterocycles. The molecule has 1 amide bonds. The van der Waals surface area contributed by atoms with Crippen LogP contribution in [0.2, 0.25) is 0 Å². The largest absolute Gasteiger partial charge is 0.356 e. The summed E-state index contributed by atoms with van der Waals surface area (Å²) in [6.07, 6.45) is 5.58. The molecule has 2 aliphatic rings. The lowest BCUT2D eigenvalue weighted by molar-refractivity contribution is -0.121. The molecule has 0 bridgehead atoms. The van der Waals surface area contributed by atoms with Gasteiger partial charge in [0, 0.05) is 26.1 Å². The Kier molecular flexibility index (Phi) is 5.56. The molecular formula is C18H26N2O3S. The minimum Gasteiger partial charge on any atom is -0.356 e. The number of hydrogen-bond donors (Lipinski definition) is 1. The number of hydrogen-bond acceptors (Lipinski definition) is 3. The SMILES string of the molecule is O=C(CCC1CCN(S(=O)(=O)c2ccccc2)CC1)NCC1CC1. The summed E-state index contributed by atoms with van der Waals surface area (Å²) >= 11 is 0. The summed E-state index contributed by atoms with van der Waals surface area (Å²) in [7, 11) is -3.37. The van der Waals surface area contributed by atoms with Crippen molar-refractivity contribution in [3.8, 4) is 0 Å². The van der Waals surface area contributed by atoms with E-state index in [1.54, 1.807) is 28.6 Å². The first-order valence-electron chi connectivity index (χ1n) is 8.87. The fourth-order valence-electron chi connectivity index (χ4n) is 3.18. The second kappa shape index (κ2) is 7.66. The fourth-order valence-corrected chi connectivity index (χ4v) is 4.67. The first-order valence-corrected chi connectivity index (χ1v) is 10.3. The molecule has 1 saturated carbocycles. The highest BCUT2D eigenvalue weighted by Crippen LogP contribution is 2.28. The topological polar surface area (TPSA) is 66.5 Å². The smallest absolute Gasteiger partial charge is 0.243 e. The minimum absolute atomic E-state index is 0.140. The Bertz CT molecular complexity index is 648. The molecule has 1 aromatic rings. The maximum atomic E-state index is 12.6. The van der Waals surface area contributed by atoms with Gasteiger partial charge in [0.05, 0.1) is 4.90 Å². The van der Waals surface area contributed by atoms with Crippen molar-refractivity contribution < 1.29 is 13.2 Å². The van der Waals surface area contributed by atoms with E-state index in [2.05, 4.69) is 5.32 Å². The van der Waals surface area contributed by atoms with Crippen molar-refractivity contribution in [1.82, 2.24) is 9.62 Å². The summed E-state index contributed by atoms with van der Waals surface area (Å²) in [5.74, 6) is 1.29. The second-order valence-electron chi connectivity index (χ2n) is 6.95. The van der Waals surface area contributed by atoms with Crippen LogP contribution < -0.4 is 5.32 Å². The Morgan fingerprint density at radius 2 is 1.71 bits per heavy atom. The van der Waals surface area contributed by atoms with E-state index in [1.807, 2.05) is 6.07 Å². The van der Waals surface area contributed by atoms with Crippen LogP contribution in [0.3, 0.4) is 0 Å². The monoisotopic (exact) mass is 350 g/mol. The number of nitrogens with zero attached hydrogens (tertiary/aromatic N) is 1. The number of benzene rings is 1. The molecule has 6 heteroatoms. The predicted octanol–water partition coefficient (Wildman–Crippen LogP) is 2.39. The minimum atomic E-state index is -3.37. The van der Waals surface area contributed by atoms with Crippen LogP contribution in [0.5, 0.6) is 0 Å². The van der Waals surface area contributed by atoms with E-state index in [1.165, 1.54) is 12.8 Å². The van der Waals surface area contributed by atoms with E-state index in [-0.39, 0.29) is 5.91 Å². The Labute approximate surface area is 144 Å². The number of nitrogens with one attached hydrogen (secondary N) is 1. The van der Waals surface area contributed by atoms with Crippen LogP contribution in [0, 0.1) is 11.8 Å². The van der Waals surface area contributed by atoms with E-state index in [0.29, 0.717) is 36.2 Å². The van der Waals surface area contributed by atoms with Crippen LogP contribution in [0.4, 0.5) is 0 Å². The maximum Gasteiger partial charge on any atom is 0.243 e. The molecule has 0 unspecified atom stereocenters. The Morgan fingerprint density at radius 3 is 2.33 bits per heavy atom. The van der Waals surface area contributed by atoms with Crippen molar-refractivity contribution in [2.75, 3.05) is 19.6 Å². The predicted molar refractivity (Wildman–Crippen MR) is 92.9 cm³/mol. The third-order valence-electron chi connectivity index (χ3n) is 5.02. The summed E-state index contributed by atoms with van der Waals surface area (Å²) in [4.78, 5) is 12.2. The molecule has 1 aliphatic heterocycles. The van der Waals surface area contributed by atoms with Gasteiger partial charge in [0.15, 0.2) is 0 Å². The van der Waals surface area contributed by atoms with Crippen LogP contribution in [0.25, 0.3) is 0 Å². The average Bonchev–Trinajstić information content (AvgIpc) is 3.44. The number of carbonyl (C=O) groups is 1. The quantitative estimate of drug-likeness (QED) is 0.821. The normalized spacial score (nSPS) is 20.0. The molecule has 1 N–H and O–H groups in total. The lowest BCUT2D eigenvalue weighted by Gasteiger charge is -2.31. The standard InChI is InChI=1S/C18H26N2O3S/c21-18(19-14-16-6-7-16)9-8-15-10-12-20(13-11-15)24(22,23)17-4-2-1-3-5-17/h1-5,15-16H,6-14H2,(H,19,21). The van der Waals surface area contributed by atoms with E-state index in [9.17, 15) is 13.2 Å². The zero-order valence-electron chi connectivity index (χ0n) is 14.0. The van der Waals surface area contributed by atoms with Crippen molar-refractivity contribution in [3.05, 3.63) is 30.3 Å². The van der Waals surface area contributed by atoms with Crippen molar-refractivity contribution in [3.63, 3.8) is 0 Å². The molecule has 2 fully saturated rings. The zero-order chi connectivity index (χ0) is 17.0. The Balaban J connectivity index is 1.43. The first kappa shape index (κ1) is 17.4. The molecule has 132 valence electrons. The van der Waals surface area contributed by atoms with E-state index >= 15 is 0 Å². The number of carbonyl (C=O) groups excluding carboxylic acids is 1. The van der Waals surface area contributed by atoms with Gasteiger partial charge in [-0.15, -0.1) is 0 Å². The summed E-state index contributed by atoms with van der Waals surface area (Å²) in [6, 6.07) is 8.61. The molecule has 1 saturated heterocycles. The van der Waals surface area contributed by atoms with Crippen molar-refractivity contribution in [2.24, 2.45) is 11.8 Å². The summed E-state index contributed by atoms with van der Waals surface area (Å²) in [5, 5.41) is 2.99. The second-order valence-corrected chi connectivity index (χ2v) is 8.88. The summed E-state index contributed by atoms with van der Waals surface area (Å²) < 4.78 is 26.7. The van der Waals surface area contributed by atoms with E-state index in [4.69, 9.17) is 0 Å². The Morgan fingerprint density at radius 1 is 1.04 bits per heavy atom. The third kappa shape index (κ3) is 4.57. The van der Waals surface area contributed by atoms with Crippen LogP contribution >= 0.6 is 0 Å². The van der Waals surface area contributed by atoms with Gasteiger partial charge in [0.2, 0.25) is 15.9 Å². The Hall–Kier alpha value is -1.40. The molecule has 1 aliphatic carbocycles. The van der Waals surface area contributed by atoms with E-state index < -0.39 is 10.0 Å². The van der Waals surface area contributed by atoms with Crippen molar-refractivity contribution in [1.29, 1.82) is 0 Å². The molecule has 1 heterocycles. The molecule has 0 spiro atoms. The highest BCUT2D eigenvalue weighted by molar-refractivity contribution is 7.89. The van der Waals surface area contributed by atoms with Gasteiger partial charge in [0.25, 0.3) is 0 Å². The van der Waals surface area contributed by atoms with Gasteiger partial charge in [0.1, 0.15) is 0 Å². The van der Waals surface area contributed by atoms with Gasteiger partial charge in [-0.3, -0.25) is 4.79 Å². The van der Waals surface area contributed by atoms with Gasteiger partial charge >= 0.3 is 0 Å². The third-order valence-corrected chi connectivity index (χ3v) is 6.93. The molecular weight excluding hydrogens is 324 g/mol. The fraction of sp³-hybridized carbons (Fsp3) is 0.611.